The fourth-order valence-corrected chi connectivity index (χ4v) is 3.08. The van der Waals surface area contributed by atoms with Crippen molar-refractivity contribution in [3.8, 4) is 5.75 Å². The second kappa shape index (κ2) is 6.55. The van der Waals surface area contributed by atoms with Crippen LogP contribution in [0.15, 0.2) is 36.4 Å². The SMILES string of the molecule is COc1ccc(C(Br)Cc2ccc(F)c(F)c2)c(Cl)c1. The van der Waals surface area contributed by atoms with Gasteiger partial charge in [-0.15, -0.1) is 0 Å². The molecule has 106 valence electrons. The molecule has 0 spiro atoms. The van der Waals surface area contributed by atoms with Gasteiger partial charge in [0.1, 0.15) is 5.75 Å². The molecule has 0 aliphatic heterocycles. The highest BCUT2D eigenvalue weighted by Crippen LogP contribution is 2.34. The maximum absolute atomic E-state index is 13.2. The van der Waals surface area contributed by atoms with E-state index >= 15 is 0 Å². The molecule has 0 amide bonds. The van der Waals surface area contributed by atoms with Gasteiger partial charge in [-0.05, 0) is 41.8 Å². The van der Waals surface area contributed by atoms with Crippen LogP contribution < -0.4 is 4.74 Å². The van der Waals surface area contributed by atoms with E-state index in [0.717, 1.165) is 11.6 Å². The van der Waals surface area contributed by atoms with Gasteiger partial charge < -0.3 is 4.74 Å². The molecule has 1 atom stereocenters. The zero-order chi connectivity index (χ0) is 14.7. The average Bonchev–Trinajstić information content (AvgIpc) is 2.42. The Kier molecular flexibility index (Phi) is 5.00. The molecule has 1 unspecified atom stereocenters. The van der Waals surface area contributed by atoms with Crippen LogP contribution in [-0.4, -0.2) is 7.11 Å². The number of benzene rings is 2. The number of hydrogen-bond acceptors (Lipinski definition) is 1. The molecule has 0 radical (unpaired) electrons. The van der Waals surface area contributed by atoms with Gasteiger partial charge in [-0.3, -0.25) is 0 Å². The van der Waals surface area contributed by atoms with Crippen LogP contribution in [-0.2, 0) is 6.42 Å². The topological polar surface area (TPSA) is 9.23 Å². The first-order valence-electron chi connectivity index (χ1n) is 5.92. The lowest BCUT2D eigenvalue weighted by atomic mass is 10.0. The van der Waals surface area contributed by atoms with Crippen molar-refractivity contribution >= 4 is 27.5 Å². The van der Waals surface area contributed by atoms with E-state index < -0.39 is 11.6 Å². The summed E-state index contributed by atoms with van der Waals surface area (Å²) in [7, 11) is 1.57. The highest BCUT2D eigenvalue weighted by Gasteiger charge is 2.14. The second-order valence-electron chi connectivity index (χ2n) is 4.31. The molecule has 0 aliphatic rings. The van der Waals surface area contributed by atoms with Crippen LogP contribution in [0, 0.1) is 11.6 Å². The van der Waals surface area contributed by atoms with E-state index in [1.807, 2.05) is 6.07 Å². The van der Waals surface area contributed by atoms with E-state index in [9.17, 15) is 8.78 Å². The lowest BCUT2D eigenvalue weighted by Crippen LogP contribution is -1.98. The first-order chi connectivity index (χ1) is 9.51. The number of hydrogen-bond donors (Lipinski definition) is 0. The summed E-state index contributed by atoms with van der Waals surface area (Å²) in [6.45, 7) is 0. The molecule has 0 bridgehead atoms. The highest BCUT2D eigenvalue weighted by atomic mass is 79.9. The van der Waals surface area contributed by atoms with E-state index in [-0.39, 0.29) is 4.83 Å². The fraction of sp³-hybridized carbons (Fsp3) is 0.200. The molecule has 5 heteroatoms. The normalized spacial score (nSPS) is 12.2. The third-order valence-corrected chi connectivity index (χ3v) is 4.09. The van der Waals surface area contributed by atoms with E-state index in [2.05, 4.69) is 15.9 Å². The van der Waals surface area contributed by atoms with Gasteiger partial charge in [-0.25, -0.2) is 8.78 Å². The van der Waals surface area contributed by atoms with Gasteiger partial charge in [0, 0.05) is 9.85 Å². The Hall–Kier alpha value is -1.13. The van der Waals surface area contributed by atoms with Gasteiger partial charge in [0.15, 0.2) is 11.6 Å². The molecule has 0 saturated heterocycles. The molecule has 0 N–H and O–H groups in total. The Balaban J connectivity index is 2.19. The van der Waals surface area contributed by atoms with E-state index in [0.29, 0.717) is 22.8 Å². The average molecular weight is 362 g/mol. The third kappa shape index (κ3) is 3.49. The molecular weight excluding hydrogens is 350 g/mol. The zero-order valence-electron chi connectivity index (χ0n) is 10.7. The molecule has 2 aromatic rings. The van der Waals surface area contributed by atoms with Crippen LogP contribution in [0.4, 0.5) is 8.78 Å². The Morgan fingerprint density at radius 1 is 1.15 bits per heavy atom. The van der Waals surface area contributed by atoms with Crippen molar-refractivity contribution in [3.05, 3.63) is 64.2 Å². The van der Waals surface area contributed by atoms with Gasteiger partial charge in [0.25, 0.3) is 0 Å². The lowest BCUT2D eigenvalue weighted by Gasteiger charge is -2.13. The van der Waals surface area contributed by atoms with Crippen LogP contribution in [0.5, 0.6) is 5.75 Å². The van der Waals surface area contributed by atoms with Crippen LogP contribution in [0.2, 0.25) is 5.02 Å². The summed E-state index contributed by atoms with van der Waals surface area (Å²) in [5.41, 5.74) is 1.56. The number of halogens is 4. The van der Waals surface area contributed by atoms with Crippen LogP contribution in [0.3, 0.4) is 0 Å². The molecule has 0 heterocycles. The molecule has 20 heavy (non-hydrogen) atoms. The van der Waals surface area contributed by atoms with Gasteiger partial charge in [-0.1, -0.05) is 39.7 Å². The molecule has 0 saturated carbocycles. The first kappa shape index (κ1) is 15.3. The van der Waals surface area contributed by atoms with Crippen molar-refractivity contribution in [1.82, 2.24) is 0 Å². The van der Waals surface area contributed by atoms with E-state index in [1.165, 1.54) is 6.07 Å². The molecule has 2 aromatic carbocycles. The minimum atomic E-state index is -0.845. The Morgan fingerprint density at radius 3 is 2.50 bits per heavy atom. The van der Waals surface area contributed by atoms with Gasteiger partial charge in [0.2, 0.25) is 0 Å². The van der Waals surface area contributed by atoms with Crippen molar-refractivity contribution in [2.24, 2.45) is 0 Å². The summed E-state index contributed by atoms with van der Waals surface area (Å²) in [5.74, 6) is -1.02. The van der Waals surface area contributed by atoms with Crippen LogP contribution in [0.1, 0.15) is 16.0 Å². The van der Waals surface area contributed by atoms with E-state index in [1.54, 1.807) is 25.3 Å². The monoisotopic (exact) mass is 360 g/mol. The Bertz CT molecular complexity index is 619. The summed E-state index contributed by atoms with van der Waals surface area (Å²) < 4.78 is 31.1. The van der Waals surface area contributed by atoms with E-state index in [4.69, 9.17) is 16.3 Å². The summed E-state index contributed by atoms with van der Waals surface area (Å²) in [4.78, 5) is -0.0919. The molecule has 0 aliphatic carbocycles. The largest absolute Gasteiger partial charge is 0.497 e. The molecule has 2 rings (SSSR count). The molecular formula is C15H12BrClF2O. The summed E-state index contributed by atoms with van der Waals surface area (Å²) in [6, 6.07) is 9.25. The number of alkyl halides is 1. The molecule has 0 aromatic heterocycles. The van der Waals surface area contributed by atoms with Crippen molar-refractivity contribution in [3.63, 3.8) is 0 Å². The number of ether oxygens (including phenoxy) is 1. The fourth-order valence-electron chi connectivity index (χ4n) is 1.87. The maximum atomic E-state index is 13.2. The number of methoxy groups -OCH3 is 1. The second-order valence-corrected chi connectivity index (χ2v) is 5.82. The maximum Gasteiger partial charge on any atom is 0.159 e. The van der Waals surface area contributed by atoms with Crippen molar-refractivity contribution in [1.29, 1.82) is 0 Å². The van der Waals surface area contributed by atoms with Crippen molar-refractivity contribution in [2.45, 2.75) is 11.2 Å². The van der Waals surface area contributed by atoms with Crippen molar-refractivity contribution in [2.75, 3.05) is 7.11 Å². The Morgan fingerprint density at radius 2 is 1.90 bits per heavy atom. The minimum Gasteiger partial charge on any atom is -0.497 e. The van der Waals surface area contributed by atoms with Crippen LogP contribution >= 0.6 is 27.5 Å². The molecule has 1 nitrogen and oxygen atoms in total. The summed E-state index contributed by atoms with van der Waals surface area (Å²) >= 11 is 9.70. The minimum absolute atomic E-state index is 0.0919. The van der Waals surface area contributed by atoms with Gasteiger partial charge in [-0.2, -0.15) is 0 Å². The predicted molar refractivity (Wildman–Crippen MR) is 79.7 cm³/mol. The highest BCUT2D eigenvalue weighted by molar-refractivity contribution is 9.09. The first-order valence-corrected chi connectivity index (χ1v) is 7.22. The Labute approximate surface area is 129 Å². The summed E-state index contributed by atoms with van der Waals surface area (Å²) in [6.07, 6.45) is 0.503. The van der Waals surface area contributed by atoms with Crippen molar-refractivity contribution < 1.29 is 13.5 Å². The van der Waals surface area contributed by atoms with Crippen LogP contribution in [0.25, 0.3) is 0 Å². The molecule has 0 fully saturated rings. The zero-order valence-corrected chi connectivity index (χ0v) is 13.0. The summed E-state index contributed by atoms with van der Waals surface area (Å²) in [5, 5.41) is 0.564. The smallest absolute Gasteiger partial charge is 0.159 e. The third-order valence-electron chi connectivity index (χ3n) is 2.94. The predicted octanol–water partition coefficient (Wildman–Crippen LogP) is 5.31. The van der Waals surface area contributed by atoms with Gasteiger partial charge in [0.05, 0.1) is 7.11 Å². The number of rotatable bonds is 4. The quantitative estimate of drug-likeness (QED) is 0.671. The lowest BCUT2D eigenvalue weighted by molar-refractivity contribution is 0.414. The van der Waals surface area contributed by atoms with Gasteiger partial charge >= 0.3 is 0 Å². The standard InChI is InChI=1S/C15H12BrClF2O/c1-20-10-3-4-11(13(17)8-10)12(16)6-9-2-5-14(18)15(19)7-9/h2-5,7-8,12H,6H2,1H3.